The van der Waals surface area contributed by atoms with E-state index in [1.807, 2.05) is 36.4 Å². The van der Waals surface area contributed by atoms with Crippen LogP contribution in [0.15, 0.2) is 102 Å². The molecule has 5 heteroatoms. The van der Waals surface area contributed by atoms with Crippen LogP contribution in [0.2, 0.25) is 0 Å². The van der Waals surface area contributed by atoms with Crippen LogP contribution in [0, 0.1) is 0 Å². The Bertz CT molecular complexity index is 1260. The highest BCUT2D eigenvalue weighted by Crippen LogP contribution is 2.26. The van der Waals surface area contributed by atoms with Crippen molar-refractivity contribution in [2.75, 3.05) is 4.72 Å². The minimum absolute atomic E-state index is 0.141. The molecule has 0 saturated carbocycles. The quantitative estimate of drug-likeness (QED) is 0.497. The van der Waals surface area contributed by atoms with Gasteiger partial charge >= 0.3 is 0 Å². The van der Waals surface area contributed by atoms with E-state index >= 15 is 0 Å². The van der Waals surface area contributed by atoms with Gasteiger partial charge in [0, 0.05) is 11.1 Å². The van der Waals surface area contributed by atoms with Crippen LogP contribution in [0.25, 0.3) is 10.8 Å². The maximum Gasteiger partial charge on any atom is 0.261 e. The SMILES string of the molecule is O=C(c1ccccc1NS(=O)(=O)c1ccccc1)c1cccc2ccccc12. The molecule has 0 bridgehead atoms. The van der Waals surface area contributed by atoms with Gasteiger partial charge < -0.3 is 0 Å². The summed E-state index contributed by atoms with van der Waals surface area (Å²) < 4.78 is 28.0. The van der Waals surface area contributed by atoms with Gasteiger partial charge in [0.1, 0.15) is 0 Å². The molecule has 0 aliphatic heterocycles. The Morgan fingerprint density at radius 3 is 2.07 bits per heavy atom. The summed E-state index contributed by atoms with van der Waals surface area (Å²) in [5.74, 6) is -0.233. The van der Waals surface area contributed by atoms with Crippen molar-refractivity contribution in [1.29, 1.82) is 0 Å². The number of carbonyl (C=O) groups is 1. The summed E-state index contributed by atoms with van der Waals surface area (Å²) in [6.45, 7) is 0. The van der Waals surface area contributed by atoms with Crippen LogP contribution in [0.4, 0.5) is 5.69 Å². The minimum atomic E-state index is -3.80. The van der Waals surface area contributed by atoms with E-state index in [1.165, 1.54) is 12.1 Å². The average molecular weight is 387 g/mol. The van der Waals surface area contributed by atoms with E-state index in [9.17, 15) is 13.2 Å². The molecule has 138 valence electrons. The van der Waals surface area contributed by atoms with Crippen molar-refractivity contribution in [3.05, 3.63) is 108 Å². The van der Waals surface area contributed by atoms with Crippen LogP contribution in [0.3, 0.4) is 0 Å². The van der Waals surface area contributed by atoms with Crippen molar-refractivity contribution in [3.8, 4) is 0 Å². The Labute approximate surface area is 163 Å². The molecule has 4 nitrogen and oxygen atoms in total. The predicted molar refractivity (Wildman–Crippen MR) is 111 cm³/mol. The van der Waals surface area contributed by atoms with Crippen LogP contribution >= 0.6 is 0 Å². The molecule has 0 aliphatic rings. The Kier molecular flexibility index (Phi) is 4.67. The largest absolute Gasteiger partial charge is 0.289 e. The second-order valence-corrected chi connectivity index (χ2v) is 8.00. The zero-order valence-electron chi connectivity index (χ0n) is 14.9. The fourth-order valence-corrected chi connectivity index (χ4v) is 4.24. The lowest BCUT2D eigenvalue weighted by atomic mass is 9.96. The van der Waals surface area contributed by atoms with Gasteiger partial charge in [-0.05, 0) is 35.0 Å². The number of hydrogen-bond donors (Lipinski definition) is 1. The van der Waals surface area contributed by atoms with Crippen molar-refractivity contribution in [1.82, 2.24) is 0 Å². The molecule has 4 rings (SSSR count). The third-order valence-corrected chi connectivity index (χ3v) is 5.89. The van der Waals surface area contributed by atoms with Gasteiger partial charge in [0.2, 0.25) is 0 Å². The van der Waals surface area contributed by atoms with E-state index in [0.29, 0.717) is 11.1 Å². The molecule has 1 N–H and O–H groups in total. The summed E-state index contributed by atoms with van der Waals surface area (Å²) in [4.78, 5) is 13.4. The number of sulfonamides is 1. The summed E-state index contributed by atoms with van der Waals surface area (Å²) >= 11 is 0. The monoisotopic (exact) mass is 387 g/mol. The number of carbonyl (C=O) groups excluding carboxylic acids is 1. The van der Waals surface area contributed by atoms with E-state index in [1.54, 1.807) is 48.5 Å². The van der Waals surface area contributed by atoms with Gasteiger partial charge in [-0.3, -0.25) is 9.52 Å². The minimum Gasteiger partial charge on any atom is -0.289 e. The molecule has 0 aliphatic carbocycles. The lowest BCUT2D eigenvalue weighted by molar-refractivity contribution is 0.104. The first-order valence-corrected chi connectivity index (χ1v) is 10.2. The smallest absolute Gasteiger partial charge is 0.261 e. The molecule has 0 radical (unpaired) electrons. The third kappa shape index (κ3) is 3.40. The van der Waals surface area contributed by atoms with E-state index < -0.39 is 10.0 Å². The first-order valence-electron chi connectivity index (χ1n) is 8.76. The second kappa shape index (κ2) is 7.29. The first kappa shape index (κ1) is 17.9. The number of ketones is 1. The van der Waals surface area contributed by atoms with Gasteiger partial charge in [0.05, 0.1) is 10.6 Å². The molecule has 0 atom stereocenters. The standard InChI is InChI=1S/C23H17NO3S/c25-23(20-15-8-10-17-9-4-5-13-19(17)20)21-14-6-7-16-22(21)24-28(26,27)18-11-2-1-3-12-18/h1-16,24H. The third-order valence-electron chi connectivity index (χ3n) is 4.50. The molecule has 0 spiro atoms. The molecule has 0 fully saturated rings. The van der Waals surface area contributed by atoms with Gasteiger partial charge in [-0.1, -0.05) is 72.8 Å². The molecule has 0 heterocycles. The second-order valence-electron chi connectivity index (χ2n) is 6.32. The van der Waals surface area contributed by atoms with Gasteiger partial charge in [0.25, 0.3) is 10.0 Å². The van der Waals surface area contributed by atoms with Gasteiger partial charge in [0.15, 0.2) is 5.78 Å². The predicted octanol–water partition coefficient (Wildman–Crippen LogP) is 4.87. The number of nitrogens with one attached hydrogen (secondary N) is 1. The highest BCUT2D eigenvalue weighted by atomic mass is 32.2. The number of para-hydroxylation sites is 1. The maximum atomic E-state index is 13.3. The van der Waals surface area contributed by atoms with Gasteiger partial charge in [-0.2, -0.15) is 0 Å². The van der Waals surface area contributed by atoms with Crippen LogP contribution in [0.5, 0.6) is 0 Å². The molecule has 0 amide bonds. The Morgan fingerprint density at radius 1 is 0.643 bits per heavy atom. The van der Waals surface area contributed by atoms with Crippen LogP contribution in [0.1, 0.15) is 15.9 Å². The molecule has 0 saturated heterocycles. The summed E-state index contributed by atoms with van der Waals surface area (Å²) in [6.07, 6.45) is 0. The lowest BCUT2D eigenvalue weighted by Gasteiger charge is -2.13. The first-order chi connectivity index (χ1) is 13.6. The fourth-order valence-electron chi connectivity index (χ4n) is 3.14. The number of rotatable bonds is 5. The summed E-state index contributed by atoms with van der Waals surface area (Å²) in [5, 5.41) is 1.78. The number of hydrogen-bond acceptors (Lipinski definition) is 3. The van der Waals surface area contributed by atoms with E-state index in [4.69, 9.17) is 0 Å². The van der Waals surface area contributed by atoms with Gasteiger partial charge in [-0.15, -0.1) is 0 Å². The van der Waals surface area contributed by atoms with Crippen molar-refractivity contribution in [2.45, 2.75) is 4.90 Å². The highest BCUT2D eigenvalue weighted by molar-refractivity contribution is 7.92. The number of anilines is 1. The topological polar surface area (TPSA) is 63.2 Å². The van der Waals surface area contributed by atoms with Gasteiger partial charge in [-0.25, -0.2) is 8.42 Å². The Balaban J connectivity index is 1.77. The average Bonchev–Trinajstić information content (AvgIpc) is 2.73. The molecular weight excluding hydrogens is 370 g/mol. The number of fused-ring (bicyclic) bond motifs is 1. The molecular formula is C23H17NO3S. The zero-order valence-corrected chi connectivity index (χ0v) is 15.7. The van der Waals surface area contributed by atoms with Crippen LogP contribution < -0.4 is 4.72 Å². The highest BCUT2D eigenvalue weighted by Gasteiger charge is 2.20. The summed E-state index contributed by atoms with van der Waals surface area (Å²) in [5.41, 5.74) is 1.09. The summed E-state index contributed by atoms with van der Waals surface area (Å²) in [6, 6.07) is 27.9. The molecule has 0 unspecified atom stereocenters. The Hall–Kier alpha value is -3.44. The molecule has 4 aromatic rings. The summed E-state index contributed by atoms with van der Waals surface area (Å²) in [7, 11) is -3.80. The van der Waals surface area contributed by atoms with Crippen molar-refractivity contribution in [3.63, 3.8) is 0 Å². The van der Waals surface area contributed by atoms with Crippen LogP contribution in [-0.4, -0.2) is 14.2 Å². The molecule has 4 aromatic carbocycles. The fraction of sp³-hybridized carbons (Fsp3) is 0. The van der Waals surface area contributed by atoms with E-state index in [0.717, 1.165) is 10.8 Å². The molecule has 28 heavy (non-hydrogen) atoms. The van der Waals surface area contributed by atoms with Crippen molar-refractivity contribution >= 4 is 32.3 Å². The van der Waals surface area contributed by atoms with Crippen molar-refractivity contribution in [2.24, 2.45) is 0 Å². The molecule has 0 aromatic heterocycles. The Morgan fingerprint density at radius 2 is 1.25 bits per heavy atom. The normalized spacial score (nSPS) is 11.3. The number of benzene rings is 4. The van der Waals surface area contributed by atoms with E-state index in [-0.39, 0.29) is 16.4 Å². The zero-order chi connectivity index (χ0) is 19.6. The van der Waals surface area contributed by atoms with Crippen molar-refractivity contribution < 1.29 is 13.2 Å². The van der Waals surface area contributed by atoms with E-state index in [2.05, 4.69) is 4.72 Å². The van der Waals surface area contributed by atoms with Crippen LogP contribution in [-0.2, 0) is 10.0 Å². The maximum absolute atomic E-state index is 13.3. The lowest BCUT2D eigenvalue weighted by Crippen LogP contribution is -2.16.